The van der Waals surface area contributed by atoms with E-state index in [4.69, 9.17) is 15.2 Å². The minimum atomic E-state index is -4.11. The Balaban J connectivity index is 1.74. The van der Waals surface area contributed by atoms with E-state index < -0.39 is 45.8 Å². The maximum Gasteiger partial charge on any atom is 0.326 e. The number of carbonyl (C=O) groups excluding carboxylic acids is 2. The van der Waals surface area contributed by atoms with E-state index in [9.17, 15) is 22.8 Å². The number of nitrogens with zero attached hydrogens (tertiary/aromatic N) is 1. The van der Waals surface area contributed by atoms with Gasteiger partial charge in [-0.25, -0.2) is 13.2 Å². The van der Waals surface area contributed by atoms with Crippen molar-refractivity contribution in [1.82, 2.24) is 14.4 Å². The number of nitrogens with one attached hydrogen (secondary N) is 3. The van der Waals surface area contributed by atoms with Crippen LogP contribution in [0.1, 0.15) is 27.2 Å². The fraction of sp³-hybridized carbons (Fsp3) is 0.346. The summed E-state index contributed by atoms with van der Waals surface area (Å²) in [5.74, 6) is -0.416. The van der Waals surface area contributed by atoms with Crippen molar-refractivity contribution in [3.63, 3.8) is 0 Å². The lowest BCUT2D eigenvalue weighted by Gasteiger charge is -2.24. The molecule has 0 saturated heterocycles. The molecule has 13 heteroatoms. The first-order valence-corrected chi connectivity index (χ1v) is 13.7. The van der Waals surface area contributed by atoms with Gasteiger partial charge in [0, 0.05) is 12.1 Å². The Morgan fingerprint density at radius 1 is 1.05 bits per heavy atom. The van der Waals surface area contributed by atoms with Crippen LogP contribution in [-0.4, -0.2) is 56.2 Å². The summed E-state index contributed by atoms with van der Waals surface area (Å²) in [5, 5.41) is 4.87. The molecule has 0 bridgehead atoms. The Labute approximate surface area is 226 Å². The van der Waals surface area contributed by atoms with Crippen molar-refractivity contribution in [1.29, 1.82) is 0 Å². The fourth-order valence-corrected chi connectivity index (χ4v) is 4.60. The van der Waals surface area contributed by atoms with Gasteiger partial charge in [0.05, 0.1) is 17.7 Å². The van der Waals surface area contributed by atoms with Crippen LogP contribution in [0.2, 0.25) is 0 Å². The Hall–Kier alpha value is -3.94. The molecule has 3 aromatic rings. The number of hydrogen-bond donors (Lipinski definition) is 4. The number of carbonyl (C=O) groups is 2. The second kappa shape index (κ2) is 12.7. The molecule has 0 spiro atoms. The Morgan fingerprint density at radius 2 is 1.74 bits per heavy atom. The lowest BCUT2D eigenvalue weighted by molar-refractivity contribution is -0.156. The van der Waals surface area contributed by atoms with Crippen LogP contribution in [0.25, 0.3) is 5.52 Å². The standard InChI is InChI=1S/C26H33N5O7S/c1-26(2,3)38-24(33)22(30-39(35,36)20-8-5-4-6-9-20)16-28-25(34)29-21-13-11-18-10-12-19(37-15-7-14-27)17-31(18)23(21)32/h4-6,8-13,17,22,30H,7,14-16,27H2,1-3H3,(H2,28,29,34)/t22-/m0/s1. The smallest absolute Gasteiger partial charge is 0.326 e. The van der Waals surface area contributed by atoms with E-state index in [-0.39, 0.29) is 10.6 Å². The van der Waals surface area contributed by atoms with E-state index >= 15 is 0 Å². The molecule has 2 aromatic heterocycles. The van der Waals surface area contributed by atoms with Gasteiger partial charge in [0.25, 0.3) is 5.56 Å². The number of sulfonamides is 1. The predicted octanol–water partition coefficient (Wildman–Crippen LogP) is 1.84. The largest absolute Gasteiger partial charge is 0.492 e. The molecular formula is C26H33N5O7S. The van der Waals surface area contributed by atoms with Crippen molar-refractivity contribution >= 4 is 33.2 Å². The zero-order chi connectivity index (χ0) is 28.6. The van der Waals surface area contributed by atoms with Gasteiger partial charge >= 0.3 is 12.0 Å². The topological polar surface area (TPSA) is 170 Å². The van der Waals surface area contributed by atoms with Crippen LogP contribution in [0, 0.1) is 0 Å². The number of benzene rings is 1. The SMILES string of the molecule is CC(C)(C)OC(=O)[C@H](CNC(=O)Nc1ccc2ccc(OCCCN)cn2c1=O)NS(=O)(=O)c1ccccc1. The molecule has 5 N–H and O–H groups in total. The van der Waals surface area contributed by atoms with Crippen LogP contribution in [0.4, 0.5) is 10.5 Å². The van der Waals surface area contributed by atoms with Crippen LogP contribution < -0.4 is 31.4 Å². The van der Waals surface area contributed by atoms with Crippen molar-refractivity contribution in [3.05, 3.63) is 71.1 Å². The highest BCUT2D eigenvalue weighted by Crippen LogP contribution is 2.15. The average molecular weight is 560 g/mol. The number of hydrogen-bond acceptors (Lipinski definition) is 8. The summed E-state index contributed by atoms with van der Waals surface area (Å²) in [5.41, 5.74) is 4.60. The Morgan fingerprint density at radius 3 is 2.41 bits per heavy atom. The lowest BCUT2D eigenvalue weighted by Crippen LogP contribution is -2.51. The van der Waals surface area contributed by atoms with Gasteiger partial charge in [0.2, 0.25) is 10.0 Å². The normalized spacial score (nSPS) is 12.5. The Kier molecular flexibility index (Phi) is 9.67. The molecule has 1 atom stereocenters. The van der Waals surface area contributed by atoms with Crippen molar-refractivity contribution < 1.29 is 27.5 Å². The molecule has 0 saturated carbocycles. The van der Waals surface area contributed by atoms with E-state index in [1.54, 1.807) is 57.2 Å². The highest BCUT2D eigenvalue weighted by atomic mass is 32.2. The molecule has 210 valence electrons. The van der Waals surface area contributed by atoms with Crippen molar-refractivity contribution in [2.24, 2.45) is 5.73 Å². The summed E-state index contributed by atoms with van der Waals surface area (Å²) in [4.78, 5) is 38.3. The average Bonchev–Trinajstić information content (AvgIpc) is 2.88. The molecule has 0 aliphatic heterocycles. The molecule has 0 fully saturated rings. The molecule has 2 heterocycles. The first kappa shape index (κ1) is 29.6. The molecule has 0 unspecified atom stereocenters. The zero-order valence-electron chi connectivity index (χ0n) is 22.0. The van der Waals surface area contributed by atoms with Crippen LogP contribution >= 0.6 is 0 Å². The van der Waals surface area contributed by atoms with E-state index in [0.29, 0.717) is 30.8 Å². The molecule has 12 nitrogen and oxygen atoms in total. The van der Waals surface area contributed by atoms with Gasteiger partial charge in [-0.2, -0.15) is 4.72 Å². The van der Waals surface area contributed by atoms with Gasteiger partial charge < -0.3 is 25.8 Å². The first-order chi connectivity index (χ1) is 18.4. The second-order valence-corrected chi connectivity index (χ2v) is 11.3. The van der Waals surface area contributed by atoms with Gasteiger partial charge in [-0.05, 0) is 70.1 Å². The maximum absolute atomic E-state index is 13.0. The summed E-state index contributed by atoms with van der Waals surface area (Å²) in [6.07, 6.45) is 2.16. The van der Waals surface area contributed by atoms with Crippen LogP contribution in [0.15, 0.2) is 70.5 Å². The third-order valence-electron chi connectivity index (χ3n) is 5.20. The number of esters is 1. The Bertz CT molecular complexity index is 1470. The molecule has 0 radical (unpaired) electrons. The van der Waals surface area contributed by atoms with E-state index in [0.717, 1.165) is 0 Å². The molecule has 3 rings (SSSR count). The van der Waals surface area contributed by atoms with Gasteiger partial charge in [0.1, 0.15) is 23.1 Å². The van der Waals surface area contributed by atoms with Gasteiger partial charge in [-0.15, -0.1) is 0 Å². The van der Waals surface area contributed by atoms with Gasteiger partial charge in [0.15, 0.2) is 0 Å². The number of rotatable bonds is 11. The maximum atomic E-state index is 13.0. The summed E-state index contributed by atoms with van der Waals surface area (Å²) in [7, 11) is -4.11. The third-order valence-corrected chi connectivity index (χ3v) is 6.68. The molecule has 1 aromatic carbocycles. The van der Waals surface area contributed by atoms with E-state index in [2.05, 4.69) is 15.4 Å². The monoisotopic (exact) mass is 559 g/mol. The highest BCUT2D eigenvalue weighted by molar-refractivity contribution is 7.89. The van der Waals surface area contributed by atoms with Crippen molar-refractivity contribution in [2.75, 3.05) is 25.0 Å². The van der Waals surface area contributed by atoms with E-state index in [1.165, 1.54) is 28.8 Å². The third kappa shape index (κ3) is 8.53. The summed E-state index contributed by atoms with van der Waals surface area (Å²) in [6.45, 7) is 5.32. The number of ether oxygens (including phenoxy) is 2. The highest BCUT2D eigenvalue weighted by Gasteiger charge is 2.30. The molecular weight excluding hydrogens is 526 g/mol. The van der Waals surface area contributed by atoms with Gasteiger partial charge in [-0.3, -0.25) is 14.0 Å². The first-order valence-electron chi connectivity index (χ1n) is 12.2. The number of amides is 2. The summed E-state index contributed by atoms with van der Waals surface area (Å²) >= 11 is 0. The summed E-state index contributed by atoms with van der Waals surface area (Å²) < 4.78 is 40.2. The minimum absolute atomic E-state index is 0.0391. The number of pyridine rings is 2. The fourth-order valence-electron chi connectivity index (χ4n) is 3.39. The van der Waals surface area contributed by atoms with Crippen molar-refractivity contribution in [3.8, 4) is 5.75 Å². The van der Waals surface area contributed by atoms with Gasteiger partial charge in [-0.1, -0.05) is 18.2 Å². The minimum Gasteiger partial charge on any atom is -0.492 e. The molecule has 2 amide bonds. The number of urea groups is 1. The lowest BCUT2D eigenvalue weighted by atomic mass is 10.2. The van der Waals surface area contributed by atoms with E-state index in [1.807, 2.05) is 0 Å². The quantitative estimate of drug-likeness (QED) is 0.204. The van der Waals surface area contributed by atoms with Crippen LogP contribution in [0.5, 0.6) is 5.75 Å². The molecule has 0 aliphatic carbocycles. The molecule has 0 aliphatic rings. The number of anilines is 1. The van der Waals surface area contributed by atoms with Crippen LogP contribution in [0.3, 0.4) is 0 Å². The zero-order valence-corrected chi connectivity index (χ0v) is 22.8. The van der Waals surface area contributed by atoms with Crippen LogP contribution in [-0.2, 0) is 19.6 Å². The number of fused-ring (bicyclic) bond motifs is 1. The summed E-state index contributed by atoms with van der Waals surface area (Å²) in [6, 6.07) is 11.7. The van der Waals surface area contributed by atoms with Crippen molar-refractivity contribution in [2.45, 2.75) is 43.7 Å². The molecule has 39 heavy (non-hydrogen) atoms. The number of aromatic nitrogens is 1. The second-order valence-electron chi connectivity index (χ2n) is 9.56. The predicted molar refractivity (Wildman–Crippen MR) is 146 cm³/mol. The number of nitrogens with two attached hydrogens (primary N) is 1.